The monoisotopic (exact) mass is 508 g/mol. The van der Waals surface area contributed by atoms with E-state index in [-0.39, 0.29) is 11.6 Å². The van der Waals surface area contributed by atoms with Gasteiger partial charge in [-0.15, -0.1) is 11.3 Å². The molecule has 3 aromatic heterocycles. The van der Waals surface area contributed by atoms with E-state index in [9.17, 15) is 14.4 Å². The van der Waals surface area contributed by atoms with Gasteiger partial charge >= 0.3 is 17.9 Å². The third-order valence-corrected chi connectivity index (χ3v) is 6.36. The van der Waals surface area contributed by atoms with E-state index in [0.29, 0.717) is 17.0 Å². The maximum atomic E-state index is 12.0. The highest BCUT2D eigenvalue weighted by atomic mass is 35.5. The lowest BCUT2D eigenvalue weighted by Crippen LogP contribution is -2.39. The van der Waals surface area contributed by atoms with E-state index in [0.717, 1.165) is 9.75 Å². The van der Waals surface area contributed by atoms with Crippen LogP contribution in [0.5, 0.6) is 0 Å². The first-order valence-electron chi connectivity index (χ1n) is 10.2. The van der Waals surface area contributed by atoms with Crippen molar-refractivity contribution in [3.05, 3.63) is 28.5 Å². The zero-order valence-corrected chi connectivity index (χ0v) is 20.3. The fraction of sp³-hybridized carbons (Fsp3) is 0.429. The molecule has 0 aliphatic carbocycles. The van der Waals surface area contributed by atoms with Gasteiger partial charge in [-0.25, -0.2) is 15.0 Å². The Morgan fingerprint density at radius 3 is 2.47 bits per heavy atom. The summed E-state index contributed by atoms with van der Waals surface area (Å²) in [7, 11) is 1.23. The van der Waals surface area contributed by atoms with Gasteiger partial charge in [-0.05, 0) is 19.1 Å². The number of methoxy groups -OCH3 is 1. The summed E-state index contributed by atoms with van der Waals surface area (Å²) in [6.45, 7) is 4.39. The number of imidazole rings is 1. The van der Waals surface area contributed by atoms with Gasteiger partial charge in [-0.2, -0.15) is 0 Å². The quantitative estimate of drug-likeness (QED) is 0.278. The van der Waals surface area contributed by atoms with Crippen LogP contribution in [-0.2, 0) is 33.3 Å². The van der Waals surface area contributed by atoms with Crippen molar-refractivity contribution in [1.82, 2.24) is 19.5 Å². The summed E-state index contributed by atoms with van der Waals surface area (Å²) in [5.74, 6) is -1.44. The molecular weight excluding hydrogens is 488 g/mol. The van der Waals surface area contributed by atoms with E-state index >= 15 is 0 Å². The molecule has 0 aromatic carbocycles. The average Bonchev–Trinajstić information content (AvgIpc) is 3.46. The number of hydrogen-bond donors (Lipinski definition) is 0. The van der Waals surface area contributed by atoms with Crippen LogP contribution < -0.4 is 0 Å². The van der Waals surface area contributed by atoms with Crippen molar-refractivity contribution in [1.29, 1.82) is 0 Å². The zero-order valence-electron chi connectivity index (χ0n) is 18.7. The van der Waals surface area contributed by atoms with Crippen LogP contribution >= 0.6 is 22.9 Å². The fourth-order valence-electron chi connectivity index (χ4n) is 3.73. The third kappa shape index (κ3) is 4.74. The lowest BCUT2D eigenvalue weighted by Gasteiger charge is -2.23. The van der Waals surface area contributed by atoms with E-state index in [1.165, 1.54) is 43.2 Å². The van der Waals surface area contributed by atoms with Gasteiger partial charge in [0.2, 0.25) is 0 Å². The van der Waals surface area contributed by atoms with Gasteiger partial charge in [0.05, 0.1) is 24.7 Å². The second kappa shape index (κ2) is 9.65. The number of esters is 3. The molecule has 3 aromatic rings. The van der Waals surface area contributed by atoms with Crippen molar-refractivity contribution in [3.8, 4) is 10.7 Å². The van der Waals surface area contributed by atoms with Crippen LogP contribution in [0.15, 0.2) is 18.5 Å². The van der Waals surface area contributed by atoms with Gasteiger partial charge in [-0.3, -0.25) is 19.0 Å². The molecule has 4 heterocycles. The molecule has 1 unspecified atom stereocenters. The van der Waals surface area contributed by atoms with Crippen LogP contribution in [-0.4, -0.2) is 62.8 Å². The number of carbonyl (C=O) groups excluding carboxylic acids is 3. The molecule has 0 N–H and O–H groups in total. The van der Waals surface area contributed by atoms with Gasteiger partial charge in [-0.1, -0.05) is 11.6 Å². The van der Waals surface area contributed by atoms with E-state index in [1.807, 2.05) is 19.1 Å². The number of hydrogen-bond acceptors (Lipinski definition) is 11. The second-order valence-corrected chi connectivity index (χ2v) is 9.21. The van der Waals surface area contributed by atoms with Crippen molar-refractivity contribution < 1.29 is 33.3 Å². The normalized spacial score (nSPS) is 22.0. The molecule has 13 heteroatoms. The molecule has 1 saturated heterocycles. The molecule has 180 valence electrons. The Balaban J connectivity index is 1.80. The minimum Gasteiger partial charge on any atom is -0.469 e. The summed E-state index contributed by atoms with van der Waals surface area (Å²) in [4.78, 5) is 50.8. The molecule has 34 heavy (non-hydrogen) atoms. The van der Waals surface area contributed by atoms with Crippen molar-refractivity contribution >= 4 is 52.0 Å². The summed E-state index contributed by atoms with van der Waals surface area (Å²) < 4.78 is 23.2. The van der Waals surface area contributed by atoms with Gasteiger partial charge < -0.3 is 18.9 Å². The number of fused-ring (bicyclic) bond motifs is 1. The Morgan fingerprint density at radius 2 is 1.85 bits per heavy atom. The van der Waals surface area contributed by atoms with E-state index < -0.39 is 42.4 Å². The van der Waals surface area contributed by atoms with Gasteiger partial charge in [0.25, 0.3) is 0 Å². The molecule has 11 nitrogen and oxygen atoms in total. The zero-order chi connectivity index (χ0) is 24.6. The number of halogens is 1. The standard InChI is InChI=1S/C21H21ClN4O7S/c1-9-5-6-13(34-9)19-24-18(22)15-20(25-19)26(8-23-15)21-17(32-11(3)28)16(31-10(2)27)12(33-21)7-14(29)30-4/h5-6,8,12,16-17,21H,7H2,1-4H3/t12-,16-,17-,21?/m1/s1. The highest BCUT2D eigenvalue weighted by Crippen LogP contribution is 2.38. The van der Waals surface area contributed by atoms with Gasteiger partial charge in [0.1, 0.15) is 11.6 Å². The second-order valence-electron chi connectivity index (χ2n) is 7.57. The molecular formula is C21H21ClN4O7S. The number of rotatable bonds is 6. The van der Waals surface area contributed by atoms with Crippen molar-refractivity contribution in [2.75, 3.05) is 7.11 Å². The molecule has 1 aliphatic heterocycles. The van der Waals surface area contributed by atoms with E-state index in [4.69, 9.17) is 30.5 Å². The lowest BCUT2D eigenvalue weighted by molar-refractivity contribution is -0.165. The Labute approximate surface area is 203 Å². The molecule has 4 atom stereocenters. The van der Waals surface area contributed by atoms with Crippen molar-refractivity contribution in [2.45, 2.75) is 51.7 Å². The van der Waals surface area contributed by atoms with E-state index in [2.05, 4.69) is 15.0 Å². The minimum absolute atomic E-state index is 0.134. The lowest BCUT2D eigenvalue weighted by atomic mass is 10.1. The van der Waals surface area contributed by atoms with Gasteiger partial charge in [0, 0.05) is 18.7 Å². The molecule has 0 bridgehead atoms. The van der Waals surface area contributed by atoms with Crippen LogP contribution in [0.3, 0.4) is 0 Å². The first-order chi connectivity index (χ1) is 16.2. The number of thiophene rings is 1. The van der Waals surface area contributed by atoms with Crippen LogP contribution in [0.2, 0.25) is 5.15 Å². The summed E-state index contributed by atoms with van der Waals surface area (Å²) in [6.07, 6.45) is -2.93. The Hall–Kier alpha value is -3.09. The first-order valence-corrected chi connectivity index (χ1v) is 11.4. The molecule has 1 aliphatic rings. The van der Waals surface area contributed by atoms with Crippen molar-refractivity contribution in [2.24, 2.45) is 0 Å². The number of aromatic nitrogens is 4. The van der Waals surface area contributed by atoms with Crippen LogP contribution in [0, 0.1) is 6.92 Å². The van der Waals surface area contributed by atoms with Crippen molar-refractivity contribution in [3.63, 3.8) is 0 Å². The summed E-state index contributed by atoms with van der Waals surface area (Å²) in [5.41, 5.74) is 0.632. The van der Waals surface area contributed by atoms with Crippen LogP contribution in [0.4, 0.5) is 0 Å². The maximum Gasteiger partial charge on any atom is 0.308 e. The van der Waals surface area contributed by atoms with Crippen LogP contribution in [0.25, 0.3) is 21.9 Å². The number of nitrogens with zero attached hydrogens (tertiary/aromatic N) is 4. The molecule has 0 spiro atoms. The highest BCUT2D eigenvalue weighted by molar-refractivity contribution is 7.15. The number of aryl methyl sites for hydroxylation is 1. The van der Waals surface area contributed by atoms with Gasteiger partial charge in [0.15, 0.2) is 35.1 Å². The smallest absolute Gasteiger partial charge is 0.308 e. The Bertz CT molecular complexity index is 1260. The SMILES string of the molecule is COC(=O)C[C@H]1OC(n2cnc3c(Cl)nc(-c4ccc(C)s4)nc32)[C@H](OC(C)=O)[C@@H]1OC(C)=O. The predicted octanol–water partition coefficient (Wildman–Crippen LogP) is 2.84. The van der Waals surface area contributed by atoms with E-state index in [1.54, 1.807) is 0 Å². The fourth-order valence-corrected chi connectivity index (χ4v) is 4.74. The maximum absolute atomic E-state index is 12.0. The number of carbonyl (C=O) groups is 3. The van der Waals surface area contributed by atoms with Crippen LogP contribution in [0.1, 0.15) is 31.4 Å². The Morgan fingerprint density at radius 1 is 1.15 bits per heavy atom. The molecule has 0 saturated carbocycles. The highest BCUT2D eigenvalue weighted by Gasteiger charge is 2.51. The summed E-state index contributed by atoms with van der Waals surface area (Å²) in [6, 6.07) is 3.83. The summed E-state index contributed by atoms with van der Waals surface area (Å²) in [5, 5.41) is 0.134. The molecule has 0 amide bonds. The molecule has 1 fully saturated rings. The molecule has 0 radical (unpaired) electrons. The summed E-state index contributed by atoms with van der Waals surface area (Å²) >= 11 is 7.90. The molecule has 4 rings (SSSR count). The topological polar surface area (TPSA) is 132 Å². The predicted molar refractivity (Wildman–Crippen MR) is 120 cm³/mol. The first kappa shape index (κ1) is 24.0. The largest absolute Gasteiger partial charge is 0.469 e. The average molecular weight is 509 g/mol. The third-order valence-electron chi connectivity index (χ3n) is 5.10. The minimum atomic E-state index is -1.09. The Kier molecular flexibility index (Phi) is 6.82. The number of ether oxygens (including phenoxy) is 4.